The molecule has 0 amide bonds. The molecule has 0 aromatic heterocycles. The van der Waals surface area contributed by atoms with Crippen LogP contribution < -0.4 is 0 Å². The first-order chi connectivity index (χ1) is 11.6. The van der Waals surface area contributed by atoms with Crippen LogP contribution in [0.2, 0.25) is 0 Å². The van der Waals surface area contributed by atoms with E-state index in [4.69, 9.17) is 14.5 Å². The summed E-state index contributed by atoms with van der Waals surface area (Å²) in [5.74, 6) is 0.00725. The Morgan fingerprint density at radius 1 is 1.21 bits per heavy atom. The van der Waals surface area contributed by atoms with E-state index < -0.39 is 10.5 Å². The molecule has 0 fully saturated rings. The average Bonchev–Trinajstić information content (AvgIpc) is 2.92. The first-order valence-electron chi connectivity index (χ1n) is 7.77. The number of hydrogen-bond acceptors (Lipinski definition) is 4. The predicted octanol–water partition coefficient (Wildman–Crippen LogP) is 4.22. The van der Waals surface area contributed by atoms with Gasteiger partial charge in [0, 0.05) is 17.9 Å². The highest BCUT2D eigenvalue weighted by Gasteiger charge is 2.26. The van der Waals surface area contributed by atoms with E-state index in [0.29, 0.717) is 0 Å². The lowest BCUT2D eigenvalue weighted by molar-refractivity contribution is -0.139. The van der Waals surface area contributed by atoms with Gasteiger partial charge in [-0.15, -0.1) is 0 Å². The van der Waals surface area contributed by atoms with Gasteiger partial charge in [-0.25, -0.2) is 4.99 Å². The number of esters is 1. The number of methoxy groups -OCH3 is 2. The molecular formula is C19H23NO3S. The van der Waals surface area contributed by atoms with Crippen molar-refractivity contribution in [1.29, 1.82) is 0 Å². The molecule has 1 heterocycles. The normalized spacial score (nSPS) is 17.9. The van der Waals surface area contributed by atoms with Crippen LogP contribution in [-0.4, -0.2) is 30.8 Å². The number of carbonyl (C=O) groups is 1. The van der Waals surface area contributed by atoms with Crippen molar-refractivity contribution in [2.75, 3.05) is 14.2 Å². The van der Waals surface area contributed by atoms with Gasteiger partial charge in [-0.1, -0.05) is 60.7 Å². The third kappa shape index (κ3) is 4.52. The molecule has 24 heavy (non-hydrogen) atoms. The molecule has 1 aliphatic rings. The first-order valence-corrected chi connectivity index (χ1v) is 9.06. The SMILES string of the molecule is COC=S1C(C(C)C)=NC(C=Cc2ccccc2)=C1CC(=O)OC. The second kappa shape index (κ2) is 8.76. The lowest BCUT2D eigenvalue weighted by atomic mass is 10.2. The van der Waals surface area contributed by atoms with Crippen LogP contribution in [0.3, 0.4) is 0 Å². The van der Waals surface area contributed by atoms with E-state index in [-0.39, 0.29) is 18.3 Å². The van der Waals surface area contributed by atoms with Gasteiger partial charge >= 0.3 is 5.97 Å². The molecule has 4 nitrogen and oxygen atoms in total. The van der Waals surface area contributed by atoms with Crippen LogP contribution in [0, 0.1) is 5.92 Å². The number of carbonyl (C=O) groups excluding carboxylic acids is 1. The van der Waals surface area contributed by atoms with Crippen LogP contribution in [0.5, 0.6) is 0 Å². The van der Waals surface area contributed by atoms with Gasteiger partial charge in [-0.3, -0.25) is 4.79 Å². The molecular weight excluding hydrogens is 322 g/mol. The summed E-state index contributed by atoms with van der Waals surface area (Å²) >= 11 is 0. The first kappa shape index (κ1) is 18.4. The van der Waals surface area contributed by atoms with Crippen molar-refractivity contribution in [3.8, 4) is 0 Å². The molecule has 0 saturated heterocycles. The fraction of sp³-hybridized carbons (Fsp3) is 0.316. The van der Waals surface area contributed by atoms with E-state index in [1.165, 1.54) is 7.11 Å². The minimum atomic E-state index is -0.413. The van der Waals surface area contributed by atoms with Gasteiger partial charge < -0.3 is 9.47 Å². The fourth-order valence-corrected chi connectivity index (χ4v) is 4.27. The van der Waals surface area contributed by atoms with Gasteiger partial charge in [0.2, 0.25) is 0 Å². The molecule has 0 N–H and O–H groups in total. The van der Waals surface area contributed by atoms with E-state index >= 15 is 0 Å². The summed E-state index contributed by atoms with van der Waals surface area (Å²) in [6, 6.07) is 10.0. The van der Waals surface area contributed by atoms with Crippen LogP contribution in [0.25, 0.3) is 6.08 Å². The monoisotopic (exact) mass is 345 g/mol. The van der Waals surface area contributed by atoms with E-state index in [9.17, 15) is 4.79 Å². The largest absolute Gasteiger partial charge is 0.469 e. The molecule has 0 radical (unpaired) electrons. The summed E-state index contributed by atoms with van der Waals surface area (Å²) in [6.07, 6.45) is 4.19. The minimum Gasteiger partial charge on any atom is -0.469 e. The number of nitrogens with zero attached hydrogens (tertiary/aromatic N) is 1. The van der Waals surface area contributed by atoms with Gasteiger partial charge in [0.15, 0.2) is 0 Å². The Morgan fingerprint density at radius 2 is 1.92 bits per heavy atom. The van der Waals surface area contributed by atoms with E-state index in [2.05, 4.69) is 13.8 Å². The van der Waals surface area contributed by atoms with Crippen LogP contribution in [-0.2, 0) is 14.3 Å². The molecule has 0 aliphatic carbocycles. The summed E-state index contributed by atoms with van der Waals surface area (Å²) in [5.41, 5.74) is 3.68. The van der Waals surface area contributed by atoms with Crippen LogP contribution >= 0.6 is 10.5 Å². The topological polar surface area (TPSA) is 47.9 Å². The smallest absolute Gasteiger partial charge is 0.310 e. The van der Waals surface area contributed by atoms with Crippen LogP contribution in [0.4, 0.5) is 0 Å². The molecule has 1 aromatic carbocycles. The molecule has 1 unspecified atom stereocenters. The summed E-state index contributed by atoms with van der Waals surface area (Å²) < 4.78 is 10.1. The zero-order valence-electron chi connectivity index (χ0n) is 14.5. The Kier molecular flexibility index (Phi) is 6.70. The molecule has 128 valence electrons. The molecule has 1 aliphatic heterocycles. The van der Waals surface area contributed by atoms with Crippen molar-refractivity contribution in [3.05, 3.63) is 52.6 Å². The number of ether oxygens (including phenoxy) is 2. The minimum absolute atomic E-state index is 0.216. The molecule has 2 rings (SSSR count). The second-order valence-electron chi connectivity index (χ2n) is 5.58. The van der Waals surface area contributed by atoms with Crippen molar-refractivity contribution in [1.82, 2.24) is 0 Å². The molecule has 0 spiro atoms. The van der Waals surface area contributed by atoms with Crippen LogP contribution in [0.15, 0.2) is 52.0 Å². The quantitative estimate of drug-likeness (QED) is 0.573. The zero-order chi connectivity index (χ0) is 17.5. The van der Waals surface area contributed by atoms with Crippen molar-refractivity contribution in [2.45, 2.75) is 20.3 Å². The summed E-state index contributed by atoms with van der Waals surface area (Å²) in [7, 11) is 2.61. The van der Waals surface area contributed by atoms with Gasteiger partial charge in [0.25, 0.3) is 0 Å². The summed E-state index contributed by atoms with van der Waals surface area (Å²) in [6.45, 7) is 4.20. The Morgan fingerprint density at radius 3 is 2.50 bits per heavy atom. The molecule has 0 bridgehead atoms. The molecule has 1 aromatic rings. The number of allylic oxidation sites excluding steroid dienone is 1. The third-order valence-corrected chi connectivity index (χ3v) is 5.74. The highest BCUT2D eigenvalue weighted by molar-refractivity contribution is 8.31. The lowest BCUT2D eigenvalue weighted by Crippen LogP contribution is -2.06. The number of aliphatic imine (C=N–C) groups is 1. The maximum Gasteiger partial charge on any atom is 0.310 e. The standard InChI is InChI=1S/C19H23NO3S/c1-14(2)19-20-16(11-10-15-8-6-5-7-9-15)17(12-18(21)23-4)24(19)13-22-3/h5-11,13-14H,12H2,1-4H3. The average molecular weight is 345 g/mol. The third-order valence-electron chi connectivity index (χ3n) is 3.46. The Hall–Kier alpha value is -1.98. The highest BCUT2D eigenvalue weighted by Crippen LogP contribution is 2.42. The van der Waals surface area contributed by atoms with Crippen molar-refractivity contribution in [3.63, 3.8) is 0 Å². The lowest BCUT2D eigenvalue weighted by Gasteiger charge is -2.11. The van der Waals surface area contributed by atoms with Gasteiger partial charge in [0.1, 0.15) is 0 Å². The maximum atomic E-state index is 11.8. The zero-order valence-corrected chi connectivity index (χ0v) is 15.3. The summed E-state index contributed by atoms with van der Waals surface area (Å²) in [5, 5.41) is 1.03. The fourth-order valence-electron chi connectivity index (χ4n) is 2.30. The van der Waals surface area contributed by atoms with Gasteiger partial charge in [-0.2, -0.15) is 0 Å². The number of rotatable bonds is 6. The Balaban J connectivity index is 2.43. The summed E-state index contributed by atoms with van der Waals surface area (Å²) in [4.78, 5) is 17.6. The molecule has 1 atom stereocenters. The second-order valence-corrected chi connectivity index (χ2v) is 7.36. The van der Waals surface area contributed by atoms with E-state index in [1.54, 1.807) is 12.7 Å². The number of benzene rings is 1. The van der Waals surface area contributed by atoms with Crippen molar-refractivity contribution in [2.24, 2.45) is 10.9 Å². The highest BCUT2D eigenvalue weighted by atomic mass is 32.2. The molecule has 0 saturated carbocycles. The molecule has 5 heteroatoms. The maximum absolute atomic E-state index is 11.8. The van der Waals surface area contributed by atoms with Crippen LogP contribution in [0.1, 0.15) is 25.8 Å². The van der Waals surface area contributed by atoms with Crippen molar-refractivity contribution < 1.29 is 14.3 Å². The Bertz CT molecular complexity index is 715. The van der Waals surface area contributed by atoms with E-state index in [1.807, 2.05) is 42.5 Å². The van der Waals surface area contributed by atoms with E-state index in [0.717, 1.165) is 21.2 Å². The van der Waals surface area contributed by atoms with Gasteiger partial charge in [0.05, 0.1) is 29.8 Å². The van der Waals surface area contributed by atoms with Gasteiger partial charge in [-0.05, 0) is 11.6 Å². The van der Waals surface area contributed by atoms with Crippen molar-refractivity contribution >= 4 is 33.1 Å². The Labute approximate surface area is 145 Å². The number of hydrogen-bond donors (Lipinski definition) is 0. The predicted molar refractivity (Wildman–Crippen MR) is 102 cm³/mol.